The molecule has 1 heterocycles. The van der Waals surface area contributed by atoms with Gasteiger partial charge in [-0.2, -0.15) is 0 Å². The van der Waals surface area contributed by atoms with Crippen molar-refractivity contribution in [1.29, 1.82) is 0 Å². The van der Waals surface area contributed by atoms with Crippen molar-refractivity contribution in [3.8, 4) is 11.5 Å². The van der Waals surface area contributed by atoms with Gasteiger partial charge in [-0.1, -0.05) is 18.2 Å². The predicted octanol–water partition coefficient (Wildman–Crippen LogP) is 2.57. The zero-order chi connectivity index (χ0) is 13.7. The first-order valence-electron chi connectivity index (χ1n) is 6.15. The molecule has 4 heteroatoms. The molecule has 0 saturated carbocycles. The van der Waals surface area contributed by atoms with Crippen molar-refractivity contribution in [2.45, 2.75) is 13.0 Å². The van der Waals surface area contributed by atoms with E-state index in [2.05, 4.69) is 4.98 Å². The number of benzene rings is 1. The Bertz CT molecular complexity index is 542. The smallest absolute Gasteiger partial charge is 0.143 e. The summed E-state index contributed by atoms with van der Waals surface area (Å²) in [4.78, 5) is 3.98. The topological polar surface area (TPSA) is 51.6 Å². The summed E-state index contributed by atoms with van der Waals surface area (Å²) in [5, 5.41) is 10.5. The fourth-order valence-corrected chi connectivity index (χ4v) is 1.95. The molecule has 4 nitrogen and oxygen atoms in total. The standard InChI is InChI=1S/C15H17NO3/c1-3-19-13-7-5-4-6-11(13)15(17)12-8-9-16-10-14(12)18-2/h4-10,15,17H,3H2,1-2H3. The van der Waals surface area contributed by atoms with E-state index < -0.39 is 6.10 Å². The third kappa shape index (κ3) is 2.85. The number of pyridine rings is 1. The van der Waals surface area contributed by atoms with Gasteiger partial charge in [0.1, 0.15) is 17.6 Å². The van der Waals surface area contributed by atoms with Gasteiger partial charge in [-0.3, -0.25) is 4.98 Å². The van der Waals surface area contributed by atoms with Gasteiger partial charge in [-0.25, -0.2) is 0 Å². The van der Waals surface area contributed by atoms with Crippen molar-refractivity contribution in [2.24, 2.45) is 0 Å². The Labute approximate surface area is 112 Å². The highest BCUT2D eigenvalue weighted by molar-refractivity contribution is 5.44. The van der Waals surface area contributed by atoms with Gasteiger partial charge < -0.3 is 14.6 Å². The van der Waals surface area contributed by atoms with Gasteiger partial charge in [0.05, 0.1) is 19.9 Å². The molecule has 19 heavy (non-hydrogen) atoms. The van der Waals surface area contributed by atoms with Gasteiger partial charge in [0.25, 0.3) is 0 Å². The van der Waals surface area contributed by atoms with E-state index in [4.69, 9.17) is 9.47 Å². The fourth-order valence-electron chi connectivity index (χ4n) is 1.95. The van der Waals surface area contributed by atoms with Crippen LogP contribution in [0.25, 0.3) is 0 Å². The Morgan fingerprint density at radius 1 is 1.16 bits per heavy atom. The molecular formula is C15H17NO3. The molecule has 1 unspecified atom stereocenters. The molecule has 0 bridgehead atoms. The number of aromatic nitrogens is 1. The van der Waals surface area contributed by atoms with Crippen LogP contribution in [-0.4, -0.2) is 23.8 Å². The van der Waals surface area contributed by atoms with Crippen molar-refractivity contribution in [1.82, 2.24) is 4.98 Å². The van der Waals surface area contributed by atoms with Crippen molar-refractivity contribution < 1.29 is 14.6 Å². The highest BCUT2D eigenvalue weighted by Gasteiger charge is 2.18. The third-order valence-electron chi connectivity index (χ3n) is 2.84. The van der Waals surface area contributed by atoms with Crippen LogP contribution in [0.1, 0.15) is 24.2 Å². The average molecular weight is 259 g/mol. The number of hydrogen-bond donors (Lipinski definition) is 1. The van der Waals surface area contributed by atoms with E-state index in [1.54, 1.807) is 25.6 Å². The second-order valence-corrected chi connectivity index (χ2v) is 3.99. The number of para-hydroxylation sites is 1. The minimum atomic E-state index is -0.805. The molecule has 1 N–H and O–H groups in total. The monoisotopic (exact) mass is 259 g/mol. The Kier molecular flexibility index (Phi) is 4.36. The van der Waals surface area contributed by atoms with Gasteiger partial charge >= 0.3 is 0 Å². The summed E-state index contributed by atoms with van der Waals surface area (Å²) in [5.74, 6) is 1.23. The fraction of sp³-hybridized carbons (Fsp3) is 0.267. The molecule has 0 spiro atoms. The number of hydrogen-bond acceptors (Lipinski definition) is 4. The first-order valence-corrected chi connectivity index (χ1v) is 6.15. The number of aliphatic hydroxyl groups excluding tert-OH is 1. The van der Waals surface area contributed by atoms with Gasteiger partial charge in [0.15, 0.2) is 0 Å². The first-order chi connectivity index (χ1) is 9.27. The van der Waals surface area contributed by atoms with Crippen LogP contribution in [-0.2, 0) is 0 Å². The molecule has 2 aromatic rings. The number of aliphatic hydroxyl groups is 1. The minimum Gasteiger partial charge on any atom is -0.495 e. The van der Waals surface area contributed by atoms with Crippen molar-refractivity contribution in [3.63, 3.8) is 0 Å². The predicted molar refractivity (Wildman–Crippen MR) is 72.5 cm³/mol. The Balaban J connectivity index is 2.41. The van der Waals surface area contributed by atoms with E-state index in [9.17, 15) is 5.11 Å². The second kappa shape index (κ2) is 6.20. The summed E-state index contributed by atoms with van der Waals surface area (Å²) in [6.07, 6.45) is 2.41. The molecule has 0 fully saturated rings. The van der Waals surface area contributed by atoms with E-state index in [1.165, 1.54) is 0 Å². The molecule has 0 aliphatic carbocycles. The normalized spacial score (nSPS) is 11.9. The van der Waals surface area contributed by atoms with Crippen LogP contribution in [0.3, 0.4) is 0 Å². The minimum absolute atomic E-state index is 0.553. The van der Waals surface area contributed by atoms with Crippen molar-refractivity contribution in [3.05, 3.63) is 53.9 Å². The maximum absolute atomic E-state index is 10.5. The summed E-state index contributed by atoms with van der Waals surface area (Å²) in [5.41, 5.74) is 1.39. The molecule has 0 aliphatic heterocycles. The summed E-state index contributed by atoms with van der Waals surface area (Å²) in [6.45, 7) is 2.47. The largest absolute Gasteiger partial charge is 0.495 e. The van der Waals surface area contributed by atoms with Gasteiger partial charge in [-0.05, 0) is 19.1 Å². The quantitative estimate of drug-likeness (QED) is 0.896. The summed E-state index contributed by atoms with van der Waals surface area (Å²) < 4.78 is 10.8. The lowest BCUT2D eigenvalue weighted by atomic mass is 10.0. The maximum Gasteiger partial charge on any atom is 0.143 e. The van der Waals surface area contributed by atoms with Crippen LogP contribution < -0.4 is 9.47 Å². The van der Waals surface area contributed by atoms with Crippen LogP contribution in [0.4, 0.5) is 0 Å². The summed E-state index contributed by atoms with van der Waals surface area (Å²) in [7, 11) is 1.56. The van der Waals surface area contributed by atoms with Gasteiger partial charge in [0.2, 0.25) is 0 Å². The molecule has 1 aromatic carbocycles. The van der Waals surface area contributed by atoms with Crippen LogP contribution in [0.15, 0.2) is 42.7 Å². The second-order valence-electron chi connectivity index (χ2n) is 3.99. The number of methoxy groups -OCH3 is 1. The van der Waals surface area contributed by atoms with Crippen molar-refractivity contribution in [2.75, 3.05) is 13.7 Å². The molecule has 1 atom stereocenters. The highest BCUT2D eigenvalue weighted by Crippen LogP contribution is 2.33. The maximum atomic E-state index is 10.5. The van der Waals surface area contributed by atoms with Crippen LogP contribution in [0.5, 0.6) is 11.5 Å². The van der Waals surface area contributed by atoms with Crippen LogP contribution in [0, 0.1) is 0 Å². The summed E-state index contributed by atoms with van der Waals surface area (Å²) >= 11 is 0. The lowest BCUT2D eigenvalue weighted by Crippen LogP contribution is -2.05. The summed E-state index contributed by atoms with van der Waals surface area (Å²) in [6, 6.07) is 9.18. The zero-order valence-corrected chi connectivity index (χ0v) is 11.0. The molecule has 0 radical (unpaired) electrons. The van der Waals surface area contributed by atoms with E-state index in [0.29, 0.717) is 29.2 Å². The molecule has 0 saturated heterocycles. The number of rotatable bonds is 5. The van der Waals surface area contributed by atoms with E-state index in [1.807, 2.05) is 31.2 Å². The highest BCUT2D eigenvalue weighted by atomic mass is 16.5. The Morgan fingerprint density at radius 3 is 2.63 bits per heavy atom. The number of ether oxygens (including phenoxy) is 2. The SMILES string of the molecule is CCOc1ccccc1C(O)c1ccncc1OC. The van der Waals surface area contributed by atoms with Crippen molar-refractivity contribution >= 4 is 0 Å². The molecule has 100 valence electrons. The van der Waals surface area contributed by atoms with Gasteiger partial charge in [0, 0.05) is 17.3 Å². The molecule has 0 aliphatic rings. The molecule has 0 amide bonds. The average Bonchev–Trinajstić information content (AvgIpc) is 2.47. The zero-order valence-electron chi connectivity index (χ0n) is 11.0. The Hall–Kier alpha value is -2.07. The first kappa shape index (κ1) is 13.4. The Morgan fingerprint density at radius 2 is 1.89 bits per heavy atom. The van der Waals surface area contributed by atoms with E-state index >= 15 is 0 Å². The van der Waals surface area contributed by atoms with Gasteiger partial charge in [-0.15, -0.1) is 0 Å². The molecule has 1 aromatic heterocycles. The van der Waals surface area contributed by atoms with Crippen LogP contribution in [0.2, 0.25) is 0 Å². The third-order valence-corrected chi connectivity index (χ3v) is 2.84. The molecular weight excluding hydrogens is 242 g/mol. The lowest BCUT2D eigenvalue weighted by Gasteiger charge is -2.17. The lowest BCUT2D eigenvalue weighted by molar-refractivity contribution is 0.207. The van der Waals surface area contributed by atoms with E-state index in [-0.39, 0.29) is 0 Å². The molecule has 2 rings (SSSR count). The van der Waals surface area contributed by atoms with Crippen LogP contribution >= 0.6 is 0 Å². The number of nitrogens with zero attached hydrogens (tertiary/aromatic N) is 1. The van der Waals surface area contributed by atoms with E-state index in [0.717, 1.165) is 0 Å².